The van der Waals surface area contributed by atoms with Gasteiger partial charge in [-0.25, -0.2) is 0 Å². The van der Waals surface area contributed by atoms with Crippen LogP contribution in [0.3, 0.4) is 0 Å². The normalized spacial score (nSPS) is 9.91. The van der Waals surface area contributed by atoms with Crippen LogP contribution < -0.4 is 15.8 Å². The molecule has 2 rings (SSSR count). The molecule has 6 heteroatoms. The van der Waals surface area contributed by atoms with Crippen molar-refractivity contribution in [3.05, 3.63) is 65.7 Å². The lowest BCUT2D eigenvalue weighted by molar-refractivity contribution is -0.134. The third kappa shape index (κ3) is 4.96. The number of esters is 1. The molecule has 0 spiro atoms. The Morgan fingerprint density at radius 3 is 2.26 bits per heavy atom. The summed E-state index contributed by atoms with van der Waals surface area (Å²) in [5.41, 5.74) is 6.44. The van der Waals surface area contributed by atoms with E-state index in [0.29, 0.717) is 16.9 Å². The summed E-state index contributed by atoms with van der Waals surface area (Å²) in [5.74, 6) is -0.362. The van der Waals surface area contributed by atoms with Crippen molar-refractivity contribution < 1.29 is 14.3 Å². The molecule has 2 aromatic carbocycles. The third-order valence-electron chi connectivity index (χ3n) is 3.05. The Hall–Kier alpha value is -3.15. The second-order valence-electron chi connectivity index (χ2n) is 4.78. The first-order valence-corrected chi connectivity index (χ1v) is 7.04. The highest BCUT2D eigenvalue weighted by Gasteiger charge is 2.08. The summed E-state index contributed by atoms with van der Waals surface area (Å²) in [5, 5.41) is 9.93. The van der Waals surface area contributed by atoms with Crippen molar-refractivity contribution in [3.63, 3.8) is 0 Å². The molecule has 0 heterocycles. The van der Waals surface area contributed by atoms with Gasteiger partial charge in [-0.05, 0) is 36.4 Å². The van der Waals surface area contributed by atoms with Crippen LogP contribution in [0.5, 0.6) is 5.75 Å². The van der Waals surface area contributed by atoms with Crippen LogP contribution in [0.4, 0.5) is 0 Å². The Labute approximate surface area is 133 Å². The molecule has 0 saturated carbocycles. The smallest absolute Gasteiger partial charge is 0.312 e. The van der Waals surface area contributed by atoms with Gasteiger partial charge in [-0.1, -0.05) is 18.2 Å². The lowest BCUT2D eigenvalue weighted by Crippen LogP contribution is -2.27. The van der Waals surface area contributed by atoms with Gasteiger partial charge in [0.05, 0.1) is 6.42 Å². The number of nitrogens with one attached hydrogen (secondary N) is 2. The van der Waals surface area contributed by atoms with Gasteiger partial charge in [0.25, 0.3) is 5.91 Å². The van der Waals surface area contributed by atoms with E-state index in [0.717, 1.165) is 0 Å². The fourth-order valence-corrected chi connectivity index (χ4v) is 1.85. The predicted molar refractivity (Wildman–Crippen MR) is 86.5 cm³/mol. The van der Waals surface area contributed by atoms with E-state index < -0.39 is 5.97 Å². The van der Waals surface area contributed by atoms with E-state index in [4.69, 9.17) is 15.9 Å². The number of nitrogens with two attached hydrogens (primary N) is 1. The summed E-state index contributed by atoms with van der Waals surface area (Å²) < 4.78 is 5.14. The molecule has 23 heavy (non-hydrogen) atoms. The lowest BCUT2D eigenvalue weighted by Gasteiger charge is -2.07. The fourth-order valence-electron chi connectivity index (χ4n) is 1.85. The van der Waals surface area contributed by atoms with Gasteiger partial charge < -0.3 is 15.8 Å². The monoisotopic (exact) mass is 311 g/mol. The molecule has 2 aromatic rings. The number of carbonyl (C=O) groups is 2. The van der Waals surface area contributed by atoms with Gasteiger partial charge in [0.1, 0.15) is 11.6 Å². The van der Waals surface area contributed by atoms with Gasteiger partial charge in [0.2, 0.25) is 0 Å². The highest BCUT2D eigenvalue weighted by atomic mass is 16.5. The Bertz CT molecular complexity index is 697. The van der Waals surface area contributed by atoms with Gasteiger partial charge >= 0.3 is 5.97 Å². The number of nitrogen functional groups attached to an aromatic ring is 1. The first-order valence-electron chi connectivity index (χ1n) is 7.04. The molecule has 0 unspecified atom stereocenters. The minimum Gasteiger partial charge on any atom is -0.426 e. The molecule has 0 bridgehead atoms. The van der Waals surface area contributed by atoms with Crippen molar-refractivity contribution in [2.45, 2.75) is 6.42 Å². The van der Waals surface area contributed by atoms with E-state index in [9.17, 15) is 9.59 Å². The van der Waals surface area contributed by atoms with Crippen LogP contribution in [-0.4, -0.2) is 24.3 Å². The van der Waals surface area contributed by atoms with Gasteiger partial charge in [-0.3, -0.25) is 15.0 Å². The van der Waals surface area contributed by atoms with Crippen LogP contribution in [0, 0.1) is 5.41 Å². The maximum absolute atomic E-state index is 11.8. The highest BCUT2D eigenvalue weighted by molar-refractivity contribution is 5.95. The molecule has 0 fully saturated rings. The van der Waals surface area contributed by atoms with Crippen molar-refractivity contribution in [1.29, 1.82) is 5.41 Å². The maximum Gasteiger partial charge on any atom is 0.312 e. The van der Waals surface area contributed by atoms with Gasteiger partial charge in [0, 0.05) is 17.7 Å². The average molecular weight is 311 g/mol. The summed E-state index contributed by atoms with van der Waals surface area (Å²) in [6, 6.07) is 15.1. The van der Waals surface area contributed by atoms with Crippen LogP contribution >= 0.6 is 0 Å². The Balaban J connectivity index is 1.77. The molecule has 0 saturated heterocycles. The van der Waals surface area contributed by atoms with Gasteiger partial charge in [0.15, 0.2) is 0 Å². The largest absolute Gasteiger partial charge is 0.426 e. The van der Waals surface area contributed by atoms with Crippen molar-refractivity contribution >= 4 is 17.7 Å². The SMILES string of the molecule is N=C(N)c1ccc(OC(=O)CCNC(=O)c2ccccc2)cc1. The molecule has 1 amide bonds. The van der Waals surface area contributed by atoms with E-state index >= 15 is 0 Å². The first-order chi connectivity index (χ1) is 11.1. The van der Waals surface area contributed by atoms with Crippen LogP contribution in [0.1, 0.15) is 22.3 Å². The quantitative estimate of drug-likeness (QED) is 0.327. The second kappa shape index (κ2) is 7.74. The number of benzene rings is 2. The highest BCUT2D eigenvalue weighted by Crippen LogP contribution is 2.12. The molecule has 0 aromatic heterocycles. The number of hydrogen-bond acceptors (Lipinski definition) is 4. The van der Waals surface area contributed by atoms with E-state index in [-0.39, 0.29) is 24.7 Å². The number of rotatable bonds is 6. The van der Waals surface area contributed by atoms with Crippen molar-refractivity contribution in [1.82, 2.24) is 5.32 Å². The number of amidine groups is 1. The first kappa shape index (κ1) is 16.2. The topological polar surface area (TPSA) is 105 Å². The molecule has 0 aliphatic rings. The van der Waals surface area contributed by atoms with Crippen LogP contribution in [0.15, 0.2) is 54.6 Å². The molecule has 0 atom stereocenters. The summed E-state index contributed by atoms with van der Waals surface area (Å²) in [4.78, 5) is 23.5. The number of ether oxygens (including phenoxy) is 1. The summed E-state index contributed by atoms with van der Waals surface area (Å²) in [7, 11) is 0. The molecular formula is C17H17N3O3. The number of amides is 1. The van der Waals surface area contributed by atoms with Crippen LogP contribution in [0.2, 0.25) is 0 Å². The molecule has 0 aliphatic heterocycles. The minimum atomic E-state index is -0.450. The number of carbonyl (C=O) groups excluding carboxylic acids is 2. The summed E-state index contributed by atoms with van der Waals surface area (Å²) in [6.45, 7) is 0.193. The Kier molecular flexibility index (Phi) is 5.46. The van der Waals surface area contributed by atoms with Gasteiger partial charge in [-0.15, -0.1) is 0 Å². The second-order valence-corrected chi connectivity index (χ2v) is 4.78. The van der Waals surface area contributed by atoms with Crippen molar-refractivity contribution in [2.24, 2.45) is 5.73 Å². The Morgan fingerprint density at radius 2 is 1.65 bits per heavy atom. The van der Waals surface area contributed by atoms with E-state index in [1.807, 2.05) is 6.07 Å². The fraction of sp³-hybridized carbons (Fsp3) is 0.118. The van der Waals surface area contributed by atoms with E-state index in [2.05, 4.69) is 5.32 Å². The van der Waals surface area contributed by atoms with Crippen LogP contribution in [0.25, 0.3) is 0 Å². The average Bonchev–Trinajstić information content (AvgIpc) is 2.56. The lowest BCUT2D eigenvalue weighted by atomic mass is 10.2. The number of hydrogen-bond donors (Lipinski definition) is 3. The summed E-state index contributed by atoms with van der Waals surface area (Å²) in [6.07, 6.45) is 0.0625. The zero-order chi connectivity index (χ0) is 16.7. The standard InChI is InChI=1S/C17H17N3O3/c18-16(19)12-6-8-14(9-7-12)23-15(21)10-11-20-17(22)13-4-2-1-3-5-13/h1-9H,10-11H2,(H3,18,19)(H,20,22). The Morgan fingerprint density at radius 1 is 1.00 bits per heavy atom. The molecule has 4 N–H and O–H groups in total. The summed E-state index contributed by atoms with van der Waals surface area (Å²) >= 11 is 0. The van der Waals surface area contributed by atoms with Gasteiger partial charge in [-0.2, -0.15) is 0 Å². The maximum atomic E-state index is 11.8. The molecule has 0 radical (unpaired) electrons. The predicted octanol–water partition coefficient (Wildman–Crippen LogP) is 1.70. The van der Waals surface area contributed by atoms with E-state index in [1.165, 1.54) is 0 Å². The van der Waals surface area contributed by atoms with E-state index in [1.54, 1.807) is 48.5 Å². The zero-order valence-corrected chi connectivity index (χ0v) is 12.4. The molecule has 0 aliphatic carbocycles. The van der Waals surface area contributed by atoms with Crippen molar-refractivity contribution in [2.75, 3.05) is 6.54 Å². The van der Waals surface area contributed by atoms with Crippen LogP contribution in [-0.2, 0) is 4.79 Å². The van der Waals surface area contributed by atoms with Crippen molar-refractivity contribution in [3.8, 4) is 5.75 Å². The minimum absolute atomic E-state index is 0.0495. The third-order valence-corrected chi connectivity index (χ3v) is 3.05. The molecular weight excluding hydrogens is 294 g/mol. The zero-order valence-electron chi connectivity index (χ0n) is 12.4. The molecule has 118 valence electrons. The molecule has 6 nitrogen and oxygen atoms in total.